The van der Waals surface area contributed by atoms with Crippen LogP contribution < -0.4 is 10.6 Å². The molecule has 20 heavy (non-hydrogen) atoms. The molecule has 2 rings (SSSR count). The summed E-state index contributed by atoms with van der Waals surface area (Å²) in [6.07, 6.45) is 2.89. The molecule has 0 bridgehead atoms. The summed E-state index contributed by atoms with van der Waals surface area (Å²) in [5, 5.41) is 16.6. The maximum absolute atomic E-state index is 10.1. The van der Waals surface area contributed by atoms with Gasteiger partial charge in [-0.1, -0.05) is 29.8 Å². The lowest BCUT2D eigenvalue weighted by Crippen LogP contribution is -2.50. The lowest BCUT2D eigenvalue weighted by Gasteiger charge is -2.37. The highest BCUT2D eigenvalue weighted by Crippen LogP contribution is 2.30. The average molecular weight is 275 g/mol. The summed E-state index contributed by atoms with van der Waals surface area (Å²) in [5.74, 6) is 0.773. The van der Waals surface area contributed by atoms with Crippen molar-refractivity contribution >= 4 is 5.96 Å². The molecule has 3 N–H and O–H groups in total. The number of benzene rings is 1. The number of hydrogen-bond donors (Lipinski definition) is 3. The number of nitrogens with zero attached hydrogens (tertiary/aromatic N) is 1. The number of aliphatic imine (C=N–C) groups is 1. The van der Waals surface area contributed by atoms with E-state index in [1.165, 1.54) is 11.1 Å². The Balaban J connectivity index is 1.91. The molecule has 1 aromatic rings. The van der Waals surface area contributed by atoms with Crippen LogP contribution in [0.5, 0.6) is 0 Å². The van der Waals surface area contributed by atoms with E-state index in [1.807, 2.05) is 6.92 Å². The third kappa shape index (κ3) is 4.23. The molecule has 0 unspecified atom stereocenters. The first kappa shape index (κ1) is 14.9. The van der Waals surface area contributed by atoms with E-state index in [4.69, 9.17) is 0 Å². The van der Waals surface area contributed by atoms with Crippen LogP contribution in [0.4, 0.5) is 0 Å². The zero-order valence-electron chi connectivity index (χ0n) is 12.4. The molecule has 0 saturated heterocycles. The van der Waals surface area contributed by atoms with E-state index in [1.54, 1.807) is 0 Å². The van der Waals surface area contributed by atoms with Gasteiger partial charge in [0, 0.05) is 13.1 Å². The van der Waals surface area contributed by atoms with Crippen molar-refractivity contribution in [1.29, 1.82) is 0 Å². The van der Waals surface area contributed by atoms with Crippen molar-refractivity contribution in [3.63, 3.8) is 0 Å². The second-order valence-electron chi connectivity index (χ2n) is 5.62. The summed E-state index contributed by atoms with van der Waals surface area (Å²) < 4.78 is 0. The molecule has 0 aromatic heterocycles. The number of nitrogens with one attached hydrogen (secondary N) is 2. The Morgan fingerprint density at radius 2 is 2.15 bits per heavy atom. The maximum atomic E-state index is 10.1. The molecule has 0 heterocycles. The van der Waals surface area contributed by atoms with Crippen molar-refractivity contribution in [3.8, 4) is 0 Å². The predicted octanol–water partition coefficient (Wildman–Crippen LogP) is 1.97. The van der Waals surface area contributed by atoms with E-state index in [2.05, 4.69) is 46.8 Å². The summed E-state index contributed by atoms with van der Waals surface area (Å²) in [6, 6.07) is 8.37. The van der Waals surface area contributed by atoms with Gasteiger partial charge in [0.1, 0.15) is 0 Å². The van der Waals surface area contributed by atoms with E-state index >= 15 is 0 Å². The van der Waals surface area contributed by atoms with E-state index in [9.17, 15) is 5.11 Å². The molecule has 4 nitrogen and oxygen atoms in total. The number of guanidine groups is 1. The summed E-state index contributed by atoms with van der Waals surface area (Å²) in [7, 11) is 0. The summed E-state index contributed by atoms with van der Waals surface area (Å²) >= 11 is 0. The van der Waals surface area contributed by atoms with Crippen molar-refractivity contribution in [2.45, 2.75) is 45.3 Å². The second kappa shape index (κ2) is 6.75. The Bertz CT molecular complexity index is 467. The molecular weight excluding hydrogens is 250 g/mol. The van der Waals surface area contributed by atoms with E-state index in [-0.39, 0.29) is 0 Å². The predicted molar refractivity (Wildman–Crippen MR) is 82.8 cm³/mol. The van der Waals surface area contributed by atoms with Crippen molar-refractivity contribution in [3.05, 3.63) is 35.4 Å². The standard InChI is InChI=1S/C16H25N3O/c1-3-17-15(19-12-16(20)8-5-9-16)18-11-14-7-4-6-13(2)10-14/h4,6-7,10,20H,3,5,8-9,11-12H2,1-2H3,(H2,17,18,19). The zero-order valence-corrected chi connectivity index (χ0v) is 12.4. The number of rotatable bonds is 5. The molecule has 0 aliphatic heterocycles. The largest absolute Gasteiger partial charge is 0.388 e. The Labute approximate surface area is 121 Å². The highest BCUT2D eigenvalue weighted by Gasteiger charge is 2.34. The topological polar surface area (TPSA) is 56.7 Å². The van der Waals surface area contributed by atoms with Crippen molar-refractivity contribution in [2.24, 2.45) is 4.99 Å². The van der Waals surface area contributed by atoms with Gasteiger partial charge < -0.3 is 15.7 Å². The second-order valence-corrected chi connectivity index (χ2v) is 5.62. The minimum absolute atomic E-state index is 0.528. The van der Waals surface area contributed by atoms with Gasteiger partial charge >= 0.3 is 0 Å². The van der Waals surface area contributed by atoms with Crippen LogP contribution in [0.15, 0.2) is 29.3 Å². The van der Waals surface area contributed by atoms with Crippen LogP contribution in [-0.2, 0) is 6.54 Å². The molecule has 1 aliphatic rings. The Hall–Kier alpha value is -1.55. The van der Waals surface area contributed by atoms with Gasteiger partial charge in [0.05, 0.1) is 12.1 Å². The van der Waals surface area contributed by atoms with Crippen molar-refractivity contribution < 1.29 is 5.11 Å². The normalized spacial score (nSPS) is 17.4. The quantitative estimate of drug-likeness (QED) is 0.569. The van der Waals surface area contributed by atoms with Crippen molar-refractivity contribution in [1.82, 2.24) is 10.6 Å². The molecule has 0 amide bonds. The van der Waals surface area contributed by atoms with Crippen LogP contribution in [0, 0.1) is 6.92 Å². The van der Waals surface area contributed by atoms with Crippen LogP contribution in [-0.4, -0.2) is 29.8 Å². The van der Waals surface area contributed by atoms with Gasteiger partial charge in [0.2, 0.25) is 0 Å². The molecule has 0 radical (unpaired) electrons. The summed E-state index contributed by atoms with van der Waals surface area (Å²) in [6.45, 7) is 6.17. The van der Waals surface area contributed by atoms with Gasteiger partial charge in [0.15, 0.2) is 5.96 Å². The minimum atomic E-state index is -0.528. The van der Waals surface area contributed by atoms with Gasteiger partial charge in [-0.2, -0.15) is 0 Å². The van der Waals surface area contributed by atoms with Gasteiger partial charge in [-0.15, -0.1) is 0 Å². The third-order valence-corrected chi connectivity index (χ3v) is 3.72. The molecular formula is C16H25N3O. The highest BCUT2D eigenvalue weighted by atomic mass is 16.3. The van der Waals surface area contributed by atoms with Crippen LogP contribution in [0.3, 0.4) is 0 Å². The van der Waals surface area contributed by atoms with E-state index in [0.717, 1.165) is 31.8 Å². The molecule has 1 aromatic carbocycles. The molecule has 1 saturated carbocycles. The summed E-state index contributed by atoms with van der Waals surface area (Å²) in [5.41, 5.74) is 1.92. The van der Waals surface area contributed by atoms with Crippen LogP contribution >= 0.6 is 0 Å². The first-order valence-electron chi connectivity index (χ1n) is 7.41. The lowest BCUT2D eigenvalue weighted by molar-refractivity contribution is -0.0279. The van der Waals surface area contributed by atoms with Gasteiger partial charge in [-0.3, -0.25) is 0 Å². The molecule has 1 fully saturated rings. The monoisotopic (exact) mass is 275 g/mol. The maximum Gasteiger partial charge on any atom is 0.191 e. The first-order chi connectivity index (χ1) is 9.61. The Morgan fingerprint density at radius 3 is 2.75 bits per heavy atom. The number of aryl methyl sites for hydroxylation is 1. The molecule has 4 heteroatoms. The van der Waals surface area contributed by atoms with Crippen LogP contribution in [0.2, 0.25) is 0 Å². The molecule has 110 valence electrons. The van der Waals surface area contributed by atoms with E-state index in [0.29, 0.717) is 13.1 Å². The Kier molecular flexibility index (Phi) is 5.01. The van der Waals surface area contributed by atoms with Gasteiger partial charge in [0.25, 0.3) is 0 Å². The molecule has 1 aliphatic carbocycles. The number of aliphatic hydroxyl groups is 1. The number of hydrogen-bond acceptors (Lipinski definition) is 2. The smallest absolute Gasteiger partial charge is 0.191 e. The van der Waals surface area contributed by atoms with E-state index < -0.39 is 5.60 Å². The molecule has 0 atom stereocenters. The van der Waals surface area contributed by atoms with Gasteiger partial charge in [-0.25, -0.2) is 4.99 Å². The zero-order chi connectivity index (χ0) is 14.4. The van der Waals surface area contributed by atoms with Gasteiger partial charge in [-0.05, 0) is 38.7 Å². The summed E-state index contributed by atoms with van der Waals surface area (Å²) in [4.78, 5) is 4.57. The SMILES string of the molecule is CCNC(=NCc1cccc(C)c1)NCC1(O)CCC1. The van der Waals surface area contributed by atoms with Crippen LogP contribution in [0.1, 0.15) is 37.3 Å². The molecule has 0 spiro atoms. The van der Waals surface area contributed by atoms with Crippen molar-refractivity contribution in [2.75, 3.05) is 13.1 Å². The minimum Gasteiger partial charge on any atom is -0.388 e. The van der Waals surface area contributed by atoms with Crippen LogP contribution in [0.25, 0.3) is 0 Å². The third-order valence-electron chi connectivity index (χ3n) is 3.72. The fourth-order valence-corrected chi connectivity index (χ4v) is 2.33. The fourth-order valence-electron chi connectivity index (χ4n) is 2.33. The fraction of sp³-hybridized carbons (Fsp3) is 0.562. The first-order valence-corrected chi connectivity index (χ1v) is 7.41. The highest BCUT2D eigenvalue weighted by molar-refractivity contribution is 5.79. The lowest BCUT2D eigenvalue weighted by atomic mass is 9.80. The Morgan fingerprint density at radius 1 is 1.35 bits per heavy atom. The average Bonchev–Trinajstić information content (AvgIpc) is 2.40.